The van der Waals surface area contributed by atoms with Gasteiger partial charge in [0.2, 0.25) is 0 Å². The van der Waals surface area contributed by atoms with Gasteiger partial charge in [-0.3, -0.25) is 0 Å². The standard InChI is InChI=1S/C15H22FNO/c1-2-12-18-14-7-4-3-6-13(14)15(16)8-5-10-17-11-9-15/h3-4,6-7,17H,2,5,8-12H2,1H3. The Bertz CT molecular complexity index is 373. The highest BCUT2D eigenvalue weighted by molar-refractivity contribution is 5.38. The maximum atomic E-state index is 15.1. The minimum Gasteiger partial charge on any atom is -0.493 e. The van der Waals surface area contributed by atoms with Crippen molar-refractivity contribution in [2.45, 2.75) is 38.3 Å². The average molecular weight is 251 g/mol. The summed E-state index contributed by atoms with van der Waals surface area (Å²) in [6.07, 6.45) is 2.92. The Labute approximate surface area is 109 Å². The third-order valence-corrected chi connectivity index (χ3v) is 3.46. The van der Waals surface area contributed by atoms with Gasteiger partial charge < -0.3 is 10.1 Å². The largest absolute Gasteiger partial charge is 0.493 e. The van der Waals surface area contributed by atoms with Crippen LogP contribution in [-0.2, 0) is 5.67 Å². The lowest BCUT2D eigenvalue weighted by Crippen LogP contribution is -2.23. The van der Waals surface area contributed by atoms with E-state index in [4.69, 9.17) is 4.74 Å². The van der Waals surface area contributed by atoms with Gasteiger partial charge >= 0.3 is 0 Å². The second-order valence-corrected chi connectivity index (χ2v) is 4.91. The Morgan fingerprint density at radius 2 is 2.11 bits per heavy atom. The molecule has 1 heterocycles. The van der Waals surface area contributed by atoms with Crippen molar-refractivity contribution < 1.29 is 9.13 Å². The lowest BCUT2D eigenvalue weighted by atomic mass is 9.88. The van der Waals surface area contributed by atoms with E-state index >= 15 is 4.39 Å². The minimum absolute atomic E-state index is 0.527. The molecule has 1 saturated heterocycles. The number of alkyl halides is 1. The summed E-state index contributed by atoms with van der Waals surface area (Å²) in [5.74, 6) is 0.712. The van der Waals surface area contributed by atoms with Crippen LogP contribution in [0.15, 0.2) is 24.3 Å². The van der Waals surface area contributed by atoms with E-state index in [9.17, 15) is 0 Å². The Morgan fingerprint density at radius 3 is 2.94 bits per heavy atom. The van der Waals surface area contributed by atoms with E-state index < -0.39 is 5.67 Å². The third kappa shape index (κ3) is 3.02. The first kappa shape index (κ1) is 13.3. The predicted octanol–water partition coefficient (Wildman–Crippen LogP) is 3.41. The van der Waals surface area contributed by atoms with Crippen molar-refractivity contribution in [3.63, 3.8) is 0 Å². The molecule has 2 nitrogen and oxygen atoms in total. The fourth-order valence-corrected chi connectivity index (χ4v) is 2.47. The third-order valence-electron chi connectivity index (χ3n) is 3.46. The van der Waals surface area contributed by atoms with Gasteiger partial charge in [-0.15, -0.1) is 0 Å². The molecule has 2 rings (SSSR count). The van der Waals surface area contributed by atoms with Gasteiger partial charge in [0.05, 0.1) is 6.61 Å². The van der Waals surface area contributed by atoms with E-state index in [1.807, 2.05) is 24.3 Å². The van der Waals surface area contributed by atoms with Crippen LogP contribution in [0.5, 0.6) is 5.75 Å². The van der Waals surface area contributed by atoms with Gasteiger partial charge in [-0.2, -0.15) is 0 Å². The smallest absolute Gasteiger partial charge is 0.140 e. The van der Waals surface area contributed by atoms with Crippen LogP contribution in [0.25, 0.3) is 0 Å². The van der Waals surface area contributed by atoms with Crippen molar-refractivity contribution in [3.8, 4) is 5.75 Å². The van der Waals surface area contributed by atoms with Crippen LogP contribution in [0.1, 0.15) is 38.2 Å². The molecule has 1 aromatic rings. The average Bonchev–Trinajstić information content (AvgIpc) is 2.62. The highest BCUT2D eigenvalue weighted by atomic mass is 19.1. The van der Waals surface area contributed by atoms with E-state index in [2.05, 4.69) is 12.2 Å². The monoisotopic (exact) mass is 251 g/mol. The number of hydrogen-bond acceptors (Lipinski definition) is 2. The molecule has 18 heavy (non-hydrogen) atoms. The van der Waals surface area contributed by atoms with Gasteiger partial charge in [-0.05, 0) is 44.8 Å². The van der Waals surface area contributed by atoms with Crippen molar-refractivity contribution in [2.24, 2.45) is 0 Å². The van der Waals surface area contributed by atoms with Crippen LogP contribution in [-0.4, -0.2) is 19.7 Å². The molecule has 0 bridgehead atoms. The van der Waals surface area contributed by atoms with Crippen LogP contribution in [0.4, 0.5) is 4.39 Å². The maximum Gasteiger partial charge on any atom is 0.140 e. The SMILES string of the molecule is CCCOc1ccccc1C1(F)CCCNCC1. The number of nitrogens with one attached hydrogen (secondary N) is 1. The van der Waals surface area contributed by atoms with Gasteiger partial charge in [-0.25, -0.2) is 4.39 Å². The summed E-state index contributed by atoms with van der Waals surface area (Å²) in [4.78, 5) is 0. The van der Waals surface area contributed by atoms with Gasteiger partial charge in [0.25, 0.3) is 0 Å². The molecular formula is C15H22FNO. The summed E-state index contributed by atoms with van der Waals surface area (Å²) < 4.78 is 20.8. The molecule has 1 aliphatic rings. The Kier molecular flexibility index (Phi) is 4.59. The van der Waals surface area contributed by atoms with Crippen LogP contribution in [0.3, 0.4) is 0 Å². The first-order chi connectivity index (χ1) is 8.76. The van der Waals surface area contributed by atoms with Crippen LogP contribution >= 0.6 is 0 Å². The lowest BCUT2D eigenvalue weighted by molar-refractivity contribution is 0.138. The van der Waals surface area contributed by atoms with E-state index in [1.165, 1.54) is 0 Å². The fraction of sp³-hybridized carbons (Fsp3) is 0.600. The van der Waals surface area contributed by atoms with Gasteiger partial charge in [-0.1, -0.05) is 25.1 Å². The molecule has 0 aromatic heterocycles. The summed E-state index contributed by atoms with van der Waals surface area (Å²) in [7, 11) is 0. The summed E-state index contributed by atoms with van der Waals surface area (Å²) in [6.45, 7) is 4.34. The van der Waals surface area contributed by atoms with E-state index in [1.54, 1.807) is 0 Å². The molecule has 1 unspecified atom stereocenters. The highest BCUT2D eigenvalue weighted by Crippen LogP contribution is 2.40. The Morgan fingerprint density at radius 1 is 1.28 bits per heavy atom. The Balaban J connectivity index is 2.24. The second-order valence-electron chi connectivity index (χ2n) is 4.91. The molecule has 0 amide bonds. The number of halogens is 1. The normalized spacial score (nSPS) is 24.6. The summed E-state index contributed by atoms with van der Waals surface area (Å²) in [5.41, 5.74) is -0.518. The first-order valence-electron chi connectivity index (χ1n) is 6.88. The maximum absolute atomic E-state index is 15.1. The van der Waals surface area contributed by atoms with Crippen molar-refractivity contribution >= 4 is 0 Å². The van der Waals surface area contributed by atoms with Crippen molar-refractivity contribution in [1.82, 2.24) is 5.32 Å². The van der Waals surface area contributed by atoms with E-state index in [0.29, 0.717) is 25.2 Å². The van der Waals surface area contributed by atoms with Gasteiger partial charge in [0.15, 0.2) is 0 Å². The second kappa shape index (κ2) is 6.19. The molecule has 100 valence electrons. The van der Waals surface area contributed by atoms with Crippen molar-refractivity contribution in [2.75, 3.05) is 19.7 Å². The predicted molar refractivity (Wildman–Crippen MR) is 71.7 cm³/mol. The Hall–Kier alpha value is -1.09. The number of hydrogen-bond donors (Lipinski definition) is 1. The van der Waals surface area contributed by atoms with E-state index in [0.717, 1.165) is 31.5 Å². The first-order valence-corrected chi connectivity index (χ1v) is 6.88. The molecule has 1 aliphatic heterocycles. The van der Waals surface area contributed by atoms with Crippen LogP contribution < -0.4 is 10.1 Å². The molecule has 0 aliphatic carbocycles. The number of para-hydroxylation sites is 1. The number of benzene rings is 1. The fourth-order valence-electron chi connectivity index (χ4n) is 2.47. The lowest BCUT2D eigenvalue weighted by Gasteiger charge is -2.26. The quantitative estimate of drug-likeness (QED) is 0.885. The van der Waals surface area contributed by atoms with Crippen LogP contribution in [0, 0.1) is 0 Å². The molecule has 1 aromatic carbocycles. The molecule has 1 fully saturated rings. The molecule has 0 radical (unpaired) electrons. The zero-order chi connectivity index (χ0) is 12.8. The number of rotatable bonds is 4. The molecular weight excluding hydrogens is 229 g/mol. The zero-order valence-electron chi connectivity index (χ0n) is 11.0. The summed E-state index contributed by atoms with van der Waals surface area (Å²) in [6, 6.07) is 7.56. The topological polar surface area (TPSA) is 21.3 Å². The molecule has 1 atom stereocenters. The molecule has 0 saturated carbocycles. The van der Waals surface area contributed by atoms with Crippen molar-refractivity contribution in [1.29, 1.82) is 0 Å². The number of ether oxygens (including phenoxy) is 1. The molecule has 1 N–H and O–H groups in total. The van der Waals surface area contributed by atoms with Crippen LogP contribution in [0.2, 0.25) is 0 Å². The minimum atomic E-state index is -1.24. The zero-order valence-corrected chi connectivity index (χ0v) is 11.0. The van der Waals surface area contributed by atoms with Gasteiger partial charge in [0, 0.05) is 5.56 Å². The summed E-state index contributed by atoms with van der Waals surface area (Å²) in [5, 5.41) is 3.25. The van der Waals surface area contributed by atoms with Crippen molar-refractivity contribution in [3.05, 3.63) is 29.8 Å². The molecule has 0 spiro atoms. The highest BCUT2D eigenvalue weighted by Gasteiger charge is 2.34. The van der Waals surface area contributed by atoms with Gasteiger partial charge in [0.1, 0.15) is 11.4 Å². The summed E-state index contributed by atoms with van der Waals surface area (Å²) >= 11 is 0. The van der Waals surface area contributed by atoms with E-state index in [-0.39, 0.29) is 0 Å². The molecule has 3 heteroatoms.